The Labute approximate surface area is 114 Å². The van der Waals surface area contributed by atoms with Crippen LogP contribution < -0.4 is 11.1 Å². The number of aliphatic hydroxyl groups excluding tert-OH is 1. The normalized spacial score (nSPS) is 22.7. The molecule has 0 spiro atoms. The highest BCUT2D eigenvalue weighted by atomic mass is 16.3. The number of carbonyl (C=O) groups is 1. The summed E-state index contributed by atoms with van der Waals surface area (Å²) in [6, 6.07) is 7.41. The molecule has 4 heteroatoms. The second-order valence-corrected chi connectivity index (χ2v) is 5.95. The van der Waals surface area contributed by atoms with Crippen LogP contribution in [0.25, 0.3) is 0 Å². The van der Waals surface area contributed by atoms with Crippen LogP contribution in [0.1, 0.15) is 32.3 Å². The van der Waals surface area contributed by atoms with E-state index in [1.54, 1.807) is 0 Å². The molecule has 0 saturated heterocycles. The maximum atomic E-state index is 12.3. The summed E-state index contributed by atoms with van der Waals surface area (Å²) in [6.07, 6.45) is 1.41. The highest BCUT2D eigenvalue weighted by Crippen LogP contribution is 2.28. The Morgan fingerprint density at radius 1 is 1.37 bits per heavy atom. The fourth-order valence-corrected chi connectivity index (χ4v) is 2.36. The average molecular weight is 262 g/mol. The molecular formula is C15H22N2O2. The molecule has 0 aliphatic heterocycles. The van der Waals surface area contributed by atoms with Gasteiger partial charge >= 0.3 is 0 Å². The van der Waals surface area contributed by atoms with E-state index in [0.29, 0.717) is 18.2 Å². The molecule has 1 aliphatic carbocycles. The van der Waals surface area contributed by atoms with Gasteiger partial charge in [-0.05, 0) is 50.3 Å². The van der Waals surface area contributed by atoms with Crippen LogP contribution >= 0.6 is 0 Å². The first-order valence-electron chi connectivity index (χ1n) is 6.72. The Bertz CT molecular complexity index is 448. The van der Waals surface area contributed by atoms with Crippen molar-refractivity contribution in [3.05, 3.63) is 29.8 Å². The van der Waals surface area contributed by atoms with E-state index in [1.165, 1.54) is 0 Å². The Kier molecular flexibility index (Phi) is 3.80. The van der Waals surface area contributed by atoms with Crippen molar-refractivity contribution in [3.8, 4) is 0 Å². The Morgan fingerprint density at radius 3 is 2.47 bits per heavy atom. The van der Waals surface area contributed by atoms with Crippen LogP contribution in [0.2, 0.25) is 0 Å². The summed E-state index contributed by atoms with van der Waals surface area (Å²) in [5.41, 5.74) is 6.73. The molecule has 1 aromatic rings. The fourth-order valence-electron chi connectivity index (χ4n) is 2.36. The molecule has 0 heterocycles. The molecule has 1 fully saturated rings. The van der Waals surface area contributed by atoms with Crippen LogP contribution in [0.5, 0.6) is 0 Å². The zero-order valence-electron chi connectivity index (χ0n) is 11.5. The van der Waals surface area contributed by atoms with Crippen LogP contribution in [0.3, 0.4) is 0 Å². The second kappa shape index (κ2) is 5.21. The Balaban J connectivity index is 1.94. The Morgan fingerprint density at radius 2 is 1.95 bits per heavy atom. The minimum absolute atomic E-state index is 0.0126. The van der Waals surface area contributed by atoms with Crippen LogP contribution in [0.15, 0.2) is 24.3 Å². The molecule has 104 valence electrons. The number of nitrogen functional groups attached to an aromatic ring is 1. The van der Waals surface area contributed by atoms with Crippen molar-refractivity contribution < 1.29 is 9.90 Å². The number of benzene rings is 1. The van der Waals surface area contributed by atoms with Gasteiger partial charge in [-0.3, -0.25) is 4.79 Å². The standard InChI is InChI=1S/C15H22N2O2/c1-15(2,11-3-5-12(16)6-4-11)14(19)17-9-10-7-13(18)8-10/h3-6,10,13,18H,7-9,16H2,1-2H3,(H,17,19). The largest absolute Gasteiger partial charge is 0.399 e. The number of aliphatic hydroxyl groups is 1. The lowest BCUT2D eigenvalue weighted by molar-refractivity contribution is -0.126. The topological polar surface area (TPSA) is 75.3 Å². The number of rotatable bonds is 4. The van der Waals surface area contributed by atoms with Gasteiger partial charge in [-0.25, -0.2) is 0 Å². The summed E-state index contributed by atoms with van der Waals surface area (Å²) in [5.74, 6) is 0.430. The Hall–Kier alpha value is -1.55. The molecule has 0 radical (unpaired) electrons. The molecule has 4 N–H and O–H groups in total. The fraction of sp³-hybridized carbons (Fsp3) is 0.533. The zero-order chi connectivity index (χ0) is 14.0. The van der Waals surface area contributed by atoms with Crippen LogP contribution in [-0.4, -0.2) is 23.7 Å². The number of hydrogen-bond donors (Lipinski definition) is 3. The van der Waals surface area contributed by atoms with Crippen molar-refractivity contribution in [3.63, 3.8) is 0 Å². The number of anilines is 1. The SMILES string of the molecule is CC(C)(C(=O)NCC1CC(O)C1)c1ccc(N)cc1. The van der Waals surface area contributed by atoms with Crippen molar-refractivity contribution in [2.75, 3.05) is 12.3 Å². The minimum Gasteiger partial charge on any atom is -0.399 e. The third-order valence-electron chi connectivity index (χ3n) is 3.96. The van der Waals surface area contributed by atoms with E-state index in [2.05, 4.69) is 5.32 Å². The summed E-state index contributed by atoms with van der Waals surface area (Å²) >= 11 is 0. The van der Waals surface area contributed by atoms with Crippen molar-refractivity contribution in [1.29, 1.82) is 0 Å². The van der Waals surface area contributed by atoms with Crippen LogP contribution in [0, 0.1) is 5.92 Å². The first kappa shape index (κ1) is 13.9. The van der Waals surface area contributed by atoms with E-state index >= 15 is 0 Å². The number of hydrogen-bond acceptors (Lipinski definition) is 3. The molecule has 1 aliphatic rings. The molecule has 0 aromatic heterocycles. The monoisotopic (exact) mass is 262 g/mol. The van der Waals surface area contributed by atoms with Gasteiger partial charge in [0.15, 0.2) is 0 Å². The molecule has 0 bridgehead atoms. The van der Waals surface area contributed by atoms with Crippen LogP contribution in [0.4, 0.5) is 5.69 Å². The van der Waals surface area contributed by atoms with E-state index in [-0.39, 0.29) is 12.0 Å². The summed E-state index contributed by atoms with van der Waals surface area (Å²) in [7, 11) is 0. The van der Waals surface area contributed by atoms with E-state index in [1.807, 2.05) is 38.1 Å². The van der Waals surface area contributed by atoms with E-state index in [4.69, 9.17) is 5.73 Å². The van der Waals surface area contributed by atoms with Crippen molar-refractivity contribution in [2.24, 2.45) is 5.92 Å². The summed E-state index contributed by atoms with van der Waals surface area (Å²) in [6.45, 7) is 4.46. The third-order valence-corrected chi connectivity index (χ3v) is 3.96. The van der Waals surface area contributed by atoms with Gasteiger partial charge in [-0.1, -0.05) is 12.1 Å². The van der Waals surface area contributed by atoms with Gasteiger partial charge < -0.3 is 16.2 Å². The molecular weight excluding hydrogens is 240 g/mol. The number of amides is 1. The minimum atomic E-state index is -0.573. The number of nitrogens with two attached hydrogens (primary N) is 1. The molecule has 4 nitrogen and oxygen atoms in total. The predicted octanol–water partition coefficient (Wildman–Crippen LogP) is 1.43. The van der Waals surface area contributed by atoms with Crippen LogP contribution in [-0.2, 0) is 10.2 Å². The molecule has 1 aromatic carbocycles. The molecule has 2 rings (SSSR count). The quantitative estimate of drug-likeness (QED) is 0.719. The van der Waals surface area contributed by atoms with Gasteiger partial charge in [0.1, 0.15) is 0 Å². The number of nitrogens with one attached hydrogen (secondary N) is 1. The molecule has 1 amide bonds. The van der Waals surface area contributed by atoms with Crippen molar-refractivity contribution >= 4 is 11.6 Å². The average Bonchev–Trinajstić information content (AvgIpc) is 2.33. The molecule has 1 saturated carbocycles. The zero-order valence-corrected chi connectivity index (χ0v) is 11.5. The van der Waals surface area contributed by atoms with Crippen molar-refractivity contribution in [1.82, 2.24) is 5.32 Å². The summed E-state index contributed by atoms with van der Waals surface area (Å²) in [5, 5.41) is 12.2. The third kappa shape index (κ3) is 3.07. The first-order chi connectivity index (χ1) is 8.89. The maximum Gasteiger partial charge on any atom is 0.230 e. The lowest BCUT2D eigenvalue weighted by Crippen LogP contribution is -2.45. The first-order valence-corrected chi connectivity index (χ1v) is 6.72. The second-order valence-electron chi connectivity index (χ2n) is 5.95. The summed E-state index contributed by atoms with van der Waals surface area (Å²) < 4.78 is 0. The van der Waals surface area contributed by atoms with Gasteiger partial charge in [-0.15, -0.1) is 0 Å². The van der Waals surface area contributed by atoms with Gasteiger partial charge in [0.25, 0.3) is 0 Å². The summed E-state index contributed by atoms with van der Waals surface area (Å²) in [4.78, 5) is 12.3. The van der Waals surface area contributed by atoms with E-state index < -0.39 is 5.41 Å². The lowest BCUT2D eigenvalue weighted by atomic mass is 9.81. The van der Waals surface area contributed by atoms with Gasteiger partial charge in [-0.2, -0.15) is 0 Å². The lowest BCUT2D eigenvalue weighted by Gasteiger charge is -2.33. The maximum absolute atomic E-state index is 12.3. The van der Waals surface area contributed by atoms with Gasteiger partial charge in [0.2, 0.25) is 5.91 Å². The van der Waals surface area contributed by atoms with E-state index in [9.17, 15) is 9.90 Å². The molecule has 19 heavy (non-hydrogen) atoms. The molecule has 0 unspecified atom stereocenters. The van der Waals surface area contributed by atoms with Crippen molar-refractivity contribution in [2.45, 2.75) is 38.2 Å². The van der Waals surface area contributed by atoms with Gasteiger partial charge in [0, 0.05) is 12.2 Å². The number of carbonyl (C=O) groups excluding carboxylic acids is 1. The van der Waals surface area contributed by atoms with Gasteiger partial charge in [0.05, 0.1) is 11.5 Å². The van der Waals surface area contributed by atoms with E-state index in [0.717, 1.165) is 18.4 Å². The predicted molar refractivity (Wildman–Crippen MR) is 75.6 cm³/mol. The highest BCUT2D eigenvalue weighted by Gasteiger charge is 2.32. The molecule has 0 atom stereocenters. The highest BCUT2D eigenvalue weighted by molar-refractivity contribution is 5.87. The smallest absolute Gasteiger partial charge is 0.230 e.